The minimum Gasteiger partial charge on any atom is -0.494 e. The first kappa shape index (κ1) is 26.6. The number of aryl methyl sites for hydroxylation is 2. The molecule has 0 fully saturated rings. The fourth-order valence-corrected chi connectivity index (χ4v) is 4.16. The van der Waals surface area contributed by atoms with Gasteiger partial charge in [-0.25, -0.2) is 9.97 Å². The van der Waals surface area contributed by atoms with Crippen molar-refractivity contribution in [3.63, 3.8) is 0 Å². The van der Waals surface area contributed by atoms with Crippen LogP contribution in [0, 0.1) is 13.8 Å². The zero-order valence-electron chi connectivity index (χ0n) is 22.7. The molecule has 0 unspecified atom stereocenters. The number of rotatable bonds is 10. The summed E-state index contributed by atoms with van der Waals surface area (Å²) in [5, 5.41) is 6.18. The van der Waals surface area contributed by atoms with Crippen LogP contribution in [-0.2, 0) is 4.79 Å². The number of imidazole rings is 1. The summed E-state index contributed by atoms with van der Waals surface area (Å²) in [6.07, 6.45) is 2.94. The molecule has 0 spiro atoms. The van der Waals surface area contributed by atoms with Gasteiger partial charge >= 0.3 is 0 Å². The van der Waals surface area contributed by atoms with Crippen molar-refractivity contribution in [2.75, 3.05) is 56.9 Å². The predicted molar refractivity (Wildman–Crippen MR) is 153 cm³/mol. The van der Waals surface area contributed by atoms with Gasteiger partial charge in [0.15, 0.2) is 0 Å². The number of hydrogen-bond acceptors (Lipinski definition) is 8. The van der Waals surface area contributed by atoms with E-state index < -0.39 is 0 Å². The Bertz CT molecular complexity index is 1480. The molecule has 0 aliphatic carbocycles. The van der Waals surface area contributed by atoms with Crippen LogP contribution in [0.3, 0.4) is 0 Å². The molecule has 2 N–H and O–H groups in total. The van der Waals surface area contributed by atoms with Gasteiger partial charge in [-0.3, -0.25) is 9.36 Å². The Balaban J connectivity index is 1.72. The number of likely N-dealkylation sites (N-methyl/N-ethyl adjacent to an activating group) is 2. The molecule has 1 amide bonds. The van der Waals surface area contributed by atoms with Gasteiger partial charge in [0.2, 0.25) is 11.9 Å². The maximum Gasteiger partial charge on any atom is 0.247 e. The molecule has 2 heterocycles. The van der Waals surface area contributed by atoms with Crippen LogP contribution in [0.25, 0.3) is 16.9 Å². The Morgan fingerprint density at radius 3 is 2.58 bits per heavy atom. The van der Waals surface area contributed by atoms with Crippen LogP contribution in [-0.4, -0.2) is 71.7 Å². The largest absolute Gasteiger partial charge is 0.494 e. The molecule has 2 aromatic heterocycles. The van der Waals surface area contributed by atoms with Crippen molar-refractivity contribution < 1.29 is 9.53 Å². The number of ether oxygens (including phenoxy) is 1. The van der Waals surface area contributed by atoms with Crippen molar-refractivity contribution in [1.82, 2.24) is 24.4 Å². The number of fused-ring (bicyclic) bond motifs is 1. The van der Waals surface area contributed by atoms with E-state index in [0.29, 0.717) is 28.9 Å². The van der Waals surface area contributed by atoms with Crippen LogP contribution in [0.15, 0.2) is 55.3 Å². The molecule has 0 bridgehead atoms. The van der Waals surface area contributed by atoms with E-state index in [1.165, 1.54) is 6.08 Å². The Morgan fingerprint density at radius 2 is 1.87 bits per heavy atom. The van der Waals surface area contributed by atoms with Crippen molar-refractivity contribution in [2.24, 2.45) is 0 Å². The molecule has 4 aromatic rings. The fourth-order valence-electron chi connectivity index (χ4n) is 4.16. The lowest BCUT2D eigenvalue weighted by atomic mass is 10.2. The molecule has 0 saturated heterocycles. The Kier molecular flexibility index (Phi) is 7.92. The summed E-state index contributed by atoms with van der Waals surface area (Å²) in [6, 6.07) is 11.7. The zero-order valence-corrected chi connectivity index (χ0v) is 22.7. The van der Waals surface area contributed by atoms with E-state index in [-0.39, 0.29) is 5.91 Å². The number of nitrogens with zero attached hydrogens (tertiary/aromatic N) is 6. The summed E-state index contributed by atoms with van der Waals surface area (Å²) in [4.78, 5) is 30.3. The number of hydrogen-bond donors (Lipinski definition) is 2. The molecule has 2 aromatic carbocycles. The quantitative estimate of drug-likeness (QED) is 0.302. The summed E-state index contributed by atoms with van der Waals surface area (Å²) in [6.45, 7) is 9.18. The van der Waals surface area contributed by atoms with Gasteiger partial charge in [0.05, 0.1) is 35.2 Å². The SMILES string of the molecule is C=CC(=O)Nc1cc(Nc2nccc(-n3c(C)nc4ccc(C)cc43)n2)c(OC)cc1N(C)CCN(C)C. The number of nitrogens with one attached hydrogen (secondary N) is 2. The Hall–Kier alpha value is -4.44. The topological polar surface area (TPSA) is 100 Å². The molecule has 0 aliphatic rings. The fraction of sp³-hybridized carbons (Fsp3) is 0.286. The van der Waals surface area contributed by atoms with Crippen LogP contribution < -0.4 is 20.3 Å². The van der Waals surface area contributed by atoms with E-state index in [9.17, 15) is 4.79 Å². The van der Waals surface area contributed by atoms with E-state index >= 15 is 0 Å². The average Bonchev–Trinajstić information content (AvgIpc) is 3.22. The first-order chi connectivity index (χ1) is 18.2. The second-order valence-corrected chi connectivity index (χ2v) is 9.34. The van der Waals surface area contributed by atoms with Crippen molar-refractivity contribution in [2.45, 2.75) is 13.8 Å². The van der Waals surface area contributed by atoms with E-state index in [0.717, 1.165) is 41.2 Å². The zero-order chi connectivity index (χ0) is 27.4. The molecule has 0 aliphatic heterocycles. The van der Waals surface area contributed by atoms with Gasteiger partial charge < -0.3 is 25.2 Å². The van der Waals surface area contributed by atoms with Gasteiger partial charge in [0, 0.05) is 32.4 Å². The maximum atomic E-state index is 12.2. The third kappa shape index (κ3) is 5.76. The normalized spacial score (nSPS) is 11.0. The lowest BCUT2D eigenvalue weighted by Gasteiger charge is -2.26. The third-order valence-electron chi connectivity index (χ3n) is 6.15. The highest BCUT2D eigenvalue weighted by molar-refractivity contribution is 6.02. The second kappa shape index (κ2) is 11.3. The van der Waals surface area contributed by atoms with Crippen LogP contribution in [0.1, 0.15) is 11.4 Å². The monoisotopic (exact) mass is 514 g/mol. The highest BCUT2D eigenvalue weighted by atomic mass is 16.5. The van der Waals surface area contributed by atoms with E-state index in [1.54, 1.807) is 13.3 Å². The third-order valence-corrected chi connectivity index (χ3v) is 6.15. The second-order valence-electron chi connectivity index (χ2n) is 9.34. The number of amides is 1. The number of anilines is 4. The lowest BCUT2D eigenvalue weighted by molar-refractivity contribution is -0.111. The minimum absolute atomic E-state index is 0.306. The minimum atomic E-state index is -0.306. The van der Waals surface area contributed by atoms with E-state index in [4.69, 9.17) is 9.72 Å². The molecule has 0 radical (unpaired) electrons. The van der Waals surface area contributed by atoms with Gasteiger partial charge in [-0.1, -0.05) is 12.6 Å². The van der Waals surface area contributed by atoms with Crippen LogP contribution in [0.2, 0.25) is 0 Å². The van der Waals surface area contributed by atoms with Crippen molar-refractivity contribution in [1.29, 1.82) is 0 Å². The molecule has 10 heteroatoms. The van der Waals surface area contributed by atoms with Crippen LogP contribution in [0.5, 0.6) is 5.75 Å². The van der Waals surface area contributed by atoms with Crippen molar-refractivity contribution in [3.05, 3.63) is 66.6 Å². The standard InChI is InChI=1S/C28H34N8O2/c1-8-27(37)31-21-16-22(25(38-7)17-23(21)35(6)14-13-34(4)5)32-28-29-12-11-26(33-28)36-19(3)30-20-10-9-18(2)15-24(20)36/h8-12,15-17H,1,13-14H2,2-7H3,(H,31,37)(H,29,32,33). The summed E-state index contributed by atoms with van der Waals surface area (Å²) < 4.78 is 7.71. The summed E-state index contributed by atoms with van der Waals surface area (Å²) in [5.41, 5.74) is 5.05. The van der Waals surface area contributed by atoms with Gasteiger partial charge in [-0.15, -0.1) is 0 Å². The first-order valence-electron chi connectivity index (χ1n) is 12.3. The Labute approximate surface area is 223 Å². The lowest BCUT2D eigenvalue weighted by Crippen LogP contribution is -2.29. The molecule has 0 saturated carbocycles. The van der Waals surface area contributed by atoms with Gasteiger partial charge in [-0.05, 0) is 63.8 Å². The van der Waals surface area contributed by atoms with Gasteiger partial charge in [0.1, 0.15) is 17.4 Å². The maximum absolute atomic E-state index is 12.2. The van der Waals surface area contributed by atoms with Crippen LogP contribution in [0.4, 0.5) is 23.0 Å². The number of carbonyl (C=O) groups is 1. The van der Waals surface area contributed by atoms with Gasteiger partial charge in [-0.2, -0.15) is 4.98 Å². The number of benzene rings is 2. The number of carbonyl (C=O) groups excluding carboxylic acids is 1. The summed E-state index contributed by atoms with van der Waals surface area (Å²) >= 11 is 0. The highest BCUT2D eigenvalue weighted by Gasteiger charge is 2.17. The molecule has 0 atom stereocenters. The average molecular weight is 515 g/mol. The molecule has 4 rings (SSSR count). The van der Waals surface area contributed by atoms with E-state index in [2.05, 4.69) is 50.0 Å². The molecular formula is C28H34N8O2. The van der Waals surface area contributed by atoms with Crippen LogP contribution >= 0.6 is 0 Å². The van der Waals surface area contributed by atoms with E-state index in [1.807, 2.05) is 63.0 Å². The predicted octanol–water partition coefficient (Wildman–Crippen LogP) is 4.31. The van der Waals surface area contributed by atoms with Gasteiger partial charge in [0.25, 0.3) is 0 Å². The molecule has 10 nitrogen and oxygen atoms in total. The summed E-state index contributed by atoms with van der Waals surface area (Å²) in [7, 11) is 7.62. The molecule has 198 valence electrons. The number of aromatic nitrogens is 4. The Morgan fingerprint density at radius 1 is 1.08 bits per heavy atom. The highest BCUT2D eigenvalue weighted by Crippen LogP contribution is 2.38. The first-order valence-corrected chi connectivity index (χ1v) is 12.3. The van der Waals surface area contributed by atoms with Crippen molar-refractivity contribution in [3.8, 4) is 11.6 Å². The summed E-state index contributed by atoms with van der Waals surface area (Å²) in [5.74, 6) is 2.17. The smallest absolute Gasteiger partial charge is 0.247 e. The molecule has 38 heavy (non-hydrogen) atoms. The number of methoxy groups -OCH3 is 1. The van der Waals surface area contributed by atoms with Crippen molar-refractivity contribution >= 4 is 40.0 Å². The molecular weight excluding hydrogens is 480 g/mol.